The van der Waals surface area contributed by atoms with Crippen LogP contribution in [0.15, 0.2) is 18.2 Å². The van der Waals surface area contributed by atoms with Crippen LogP contribution >= 0.6 is 0 Å². The van der Waals surface area contributed by atoms with E-state index in [0.29, 0.717) is 5.69 Å². The second-order valence-electron chi connectivity index (χ2n) is 3.85. The molecule has 2 rings (SSSR count). The van der Waals surface area contributed by atoms with Crippen molar-refractivity contribution < 1.29 is 8.78 Å². The van der Waals surface area contributed by atoms with Crippen molar-refractivity contribution in [2.24, 2.45) is 0 Å². The van der Waals surface area contributed by atoms with Crippen LogP contribution in [0.3, 0.4) is 0 Å². The zero-order valence-electron chi connectivity index (χ0n) is 9.46. The smallest absolute Gasteiger partial charge is 0.147 e. The first kappa shape index (κ1) is 11.4. The molecule has 0 aliphatic heterocycles. The third-order valence-corrected chi connectivity index (χ3v) is 2.39. The zero-order chi connectivity index (χ0) is 12.6. The van der Waals surface area contributed by atoms with Gasteiger partial charge in [0.2, 0.25) is 0 Å². The Hall–Kier alpha value is -2.11. The molecule has 0 saturated heterocycles. The molecule has 0 fully saturated rings. The molecule has 3 N–H and O–H groups in total. The fraction of sp³-hybridized carbons (Fsp3) is 0.182. The summed E-state index contributed by atoms with van der Waals surface area (Å²) in [5, 5.41) is 6.29. The van der Waals surface area contributed by atoms with Crippen molar-refractivity contribution in [1.29, 1.82) is 0 Å². The molecular formula is C11H12F2N4. The molecule has 0 radical (unpaired) electrons. The van der Waals surface area contributed by atoms with Crippen LogP contribution < -0.4 is 10.6 Å². The Morgan fingerprint density at radius 3 is 2.41 bits per heavy atom. The molecule has 2 aromatic rings. The molecule has 90 valence electrons. The van der Waals surface area contributed by atoms with E-state index in [9.17, 15) is 8.78 Å². The first-order valence-corrected chi connectivity index (χ1v) is 4.97. The van der Waals surface area contributed by atoms with E-state index in [1.54, 1.807) is 14.1 Å². The lowest BCUT2D eigenvalue weighted by atomic mass is 10.1. The van der Waals surface area contributed by atoms with Crippen molar-refractivity contribution in [3.05, 3.63) is 29.8 Å². The van der Waals surface area contributed by atoms with Crippen molar-refractivity contribution in [2.75, 3.05) is 24.7 Å². The summed E-state index contributed by atoms with van der Waals surface area (Å²) in [5.41, 5.74) is 6.09. The predicted octanol–water partition coefficient (Wildman–Crippen LogP) is 2.00. The fourth-order valence-corrected chi connectivity index (χ4v) is 1.70. The molecule has 1 aromatic heterocycles. The van der Waals surface area contributed by atoms with Crippen LogP contribution in [0.5, 0.6) is 0 Å². The van der Waals surface area contributed by atoms with Gasteiger partial charge in [-0.3, -0.25) is 5.10 Å². The van der Waals surface area contributed by atoms with Crippen LogP contribution in [0.25, 0.3) is 11.3 Å². The molecule has 6 heteroatoms. The lowest BCUT2D eigenvalue weighted by molar-refractivity contribution is 0.601. The van der Waals surface area contributed by atoms with Crippen LogP contribution in [0.2, 0.25) is 0 Å². The van der Waals surface area contributed by atoms with Crippen molar-refractivity contribution >= 4 is 11.5 Å². The highest BCUT2D eigenvalue weighted by Crippen LogP contribution is 2.34. The number of halogens is 2. The molecular weight excluding hydrogens is 226 g/mol. The Balaban J connectivity index is 2.71. The Kier molecular flexibility index (Phi) is 2.71. The number of H-pyrrole nitrogens is 1. The topological polar surface area (TPSA) is 57.9 Å². The maximum atomic E-state index is 13.8. The summed E-state index contributed by atoms with van der Waals surface area (Å²) in [7, 11) is 3.28. The summed E-state index contributed by atoms with van der Waals surface area (Å²) in [5.74, 6) is -0.799. The number of nitrogens with one attached hydrogen (secondary N) is 1. The van der Waals surface area contributed by atoms with Gasteiger partial charge >= 0.3 is 0 Å². The lowest BCUT2D eigenvalue weighted by Crippen LogP contribution is -2.13. The van der Waals surface area contributed by atoms with E-state index in [0.717, 1.165) is 12.1 Å². The molecule has 0 unspecified atom stereocenters. The first-order valence-electron chi connectivity index (χ1n) is 4.97. The van der Waals surface area contributed by atoms with Gasteiger partial charge in [-0.25, -0.2) is 8.78 Å². The van der Waals surface area contributed by atoms with Crippen LogP contribution in [0, 0.1) is 11.6 Å². The molecule has 0 aliphatic rings. The quantitative estimate of drug-likeness (QED) is 0.841. The normalized spacial score (nSPS) is 10.6. The van der Waals surface area contributed by atoms with Gasteiger partial charge in [-0.2, -0.15) is 5.10 Å². The van der Waals surface area contributed by atoms with E-state index in [1.165, 1.54) is 11.0 Å². The number of rotatable bonds is 2. The minimum Gasteiger partial charge on any atom is -0.382 e. The van der Waals surface area contributed by atoms with E-state index in [4.69, 9.17) is 5.73 Å². The third kappa shape index (κ3) is 1.93. The van der Waals surface area contributed by atoms with Crippen molar-refractivity contribution in [3.63, 3.8) is 0 Å². The van der Waals surface area contributed by atoms with Crippen molar-refractivity contribution in [2.45, 2.75) is 0 Å². The average molecular weight is 238 g/mol. The van der Waals surface area contributed by atoms with Crippen LogP contribution in [-0.4, -0.2) is 24.3 Å². The molecule has 17 heavy (non-hydrogen) atoms. The van der Waals surface area contributed by atoms with E-state index < -0.39 is 11.6 Å². The van der Waals surface area contributed by atoms with Gasteiger partial charge in [0.25, 0.3) is 0 Å². The van der Waals surface area contributed by atoms with Crippen LogP contribution in [-0.2, 0) is 0 Å². The van der Waals surface area contributed by atoms with Crippen LogP contribution in [0.4, 0.5) is 20.3 Å². The number of nitrogen functional groups attached to an aromatic ring is 1. The molecule has 0 amide bonds. The zero-order valence-corrected chi connectivity index (χ0v) is 9.46. The van der Waals surface area contributed by atoms with Gasteiger partial charge in [0, 0.05) is 20.2 Å². The minimum absolute atomic E-state index is 0.124. The maximum Gasteiger partial charge on any atom is 0.147 e. The first-order chi connectivity index (χ1) is 8.00. The van der Waals surface area contributed by atoms with Gasteiger partial charge in [0.1, 0.15) is 17.5 Å². The van der Waals surface area contributed by atoms with E-state index in [-0.39, 0.29) is 17.1 Å². The van der Waals surface area contributed by atoms with Crippen LogP contribution in [0.1, 0.15) is 0 Å². The number of nitrogens with zero attached hydrogens (tertiary/aromatic N) is 2. The van der Waals surface area contributed by atoms with E-state index >= 15 is 0 Å². The van der Waals surface area contributed by atoms with Gasteiger partial charge in [0.05, 0.1) is 16.9 Å². The van der Waals surface area contributed by atoms with Gasteiger partial charge in [-0.05, 0) is 12.1 Å². The summed E-state index contributed by atoms with van der Waals surface area (Å²) in [4.78, 5) is 1.50. The second kappa shape index (κ2) is 4.04. The number of aromatic amines is 1. The highest BCUT2D eigenvalue weighted by molar-refractivity contribution is 5.78. The largest absolute Gasteiger partial charge is 0.382 e. The number of aromatic nitrogens is 2. The molecule has 0 saturated carbocycles. The SMILES string of the molecule is CN(C)c1c(F)ccc(F)c1-c1cc(N)n[nH]1. The molecule has 1 heterocycles. The summed E-state index contributed by atoms with van der Waals surface area (Å²) < 4.78 is 27.5. The Labute approximate surface area is 97.0 Å². The van der Waals surface area contributed by atoms with Gasteiger partial charge < -0.3 is 10.6 Å². The third-order valence-electron chi connectivity index (χ3n) is 2.39. The number of hydrogen-bond donors (Lipinski definition) is 2. The maximum absolute atomic E-state index is 13.8. The van der Waals surface area contributed by atoms with Gasteiger partial charge in [0.15, 0.2) is 0 Å². The van der Waals surface area contributed by atoms with Gasteiger partial charge in [-0.15, -0.1) is 0 Å². The molecule has 0 spiro atoms. The average Bonchev–Trinajstić information content (AvgIpc) is 2.67. The Morgan fingerprint density at radius 2 is 1.88 bits per heavy atom. The van der Waals surface area contributed by atoms with E-state index in [1.807, 2.05) is 0 Å². The monoisotopic (exact) mass is 238 g/mol. The standard InChI is InChI=1S/C11H12F2N4/c1-17(2)11-7(13)4-3-6(12)10(11)8-5-9(14)16-15-8/h3-5H,1-2H3,(H3,14,15,16). The lowest BCUT2D eigenvalue weighted by Gasteiger charge is -2.18. The molecule has 0 atom stereocenters. The molecule has 0 bridgehead atoms. The summed E-state index contributed by atoms with van der Waals surface area (Å²) >= 11 is 0. The highest BCUT2D eigenvalue weighted by atomic mass is 19.1. The Bertz CT molecular complexity index is 548. The minimum atomic E-state index is -0.529. The number of anilines is 2. The Morgan fingerprint density at radius 1 is 1.24 bits per heavy atom. The van der Waals surface area contributed by atoms with Crippen molar-refractivity contribution in [1.82, 2.24) is 10.2 Å². The summed E-state index contributed by atoms with van der Waals surface area (Å²) in [6.07, 6.45) is 0. The molecule has 0 aliphatic carbocycles. The highest BCUT2D eigenvalue weighted by Gasteiger charge is 2.18. The van der Waals surface area contributed by atoms with Crippen molar-refractivity contribution in [3.8, 4) is 11.3 Å². The second-order valence-corrected chi connectivity index (χ2v) is 3.85. The predicted molar refractivity (Wildman–Crippen MR) is 62.7 cm³/mol. The summed E-state index contributed by atoms with van der Waals surface area (Å²) in [6, 6.07) is 3.63. The number of nitrogens with two attached hydrogens (primary N) is 1. The number of hydrogen-bond acceptors (Lipinski definition) is 3. The summed E-state index contributed by atoms with van der Waals surface area (Å²) in [6.45, 7) is 0. The fourth-order valence-electron chi connectivity index (χ4n) is 1.70. The van der Waals surface area contributed by atoms with Gasteiger partial charge in [-0.1, -0.05) is 0 Å². The molecule has 1 aromatic carbocycles. The van der Waals surface area contributed by atoms with E-state index in [2.05, 4.69) is 10.2 Å². The number of benzene rings is 1. The molecule has 4 nitrogen and oxygen atoms in total.